The highest BCUT2D eigenvalue weighted by atomic mass is 35.5. The number of rotatable bonds is 4. The van der Waals surface area contributed by atoms with Crippen molar-refractivity contribution in [3.63, 3.8) is 0 Å². The Balaban J connectivity index is 2.10. The van der Waals surface area contributed by atoms with Crippen molar-refractivity contribution < 1.29 is 9.18 Å². The fraction of sp³-hybridized carbons (Fsp3) is 0. The highest BCUT2D eigenvalue weighted by Crippen LogP contribution is 2.22. The molecule has 0 saturated heterocycles. The number of anilines is 2. The molecule has 23 heavy (non-hydrogen) atoms. The number of nitrogens with one attached hydrogen (secondary N) is 2. The predicted molar refractivity (Wildman–Crippen MR) is 88.8 cm³/mol. The molecule has 2 aromatic rings. The summed E-state index contributed by atoms with van der Waals surface area (Å²) in [5, 5.41) is 15.2. The lowest BCUT2D eigenvalue weighted by Gasteiger charge is -2.06. The molecule has 0 fully saturated rings. The van der Waals surface area contributed by atoms with Crippen LogP contribution >= 0.6 is 23.2 Å². The van der Waals surface area contributed by atoms with Gasteiger partial charge in [-0.05, 0) is 42.5 Å². The van der Waals surface area contributed by atoms with Crippen molar-refractivity contribution in [1.29, 1.82) is 5.26 Å². The van der Waals surface area contributed by atoms with Crippen LogP contribution < -0.4 is 10.6 Å². The number of hydrogen-bond acceptors (Lipinski definition) is 3. The molecule has 116 valence electrons. The predicted octanol–water partition coefficient (Wildman–Crippen LogP) is 4.59. The summed E-state index contributed by atoms with van der Waals surface area (Å²) in [6, 6.07) is 11.7. The molecule has 0 bridgehead atoms. The molecule has 2 rings (SSSR count). The van der Waals surface area contributed by atoms with E-state index in [1.54, 1.807) is 24.3 Å². The first-order chi connectivity index (χ1) is 11.0. The van der Waals surface area contributed by atoms with Crippen LogP contribution in [0.4, 0.5) is 15.8 Å². The van der Waals surface area contributed by atoms with Crippen LogP contribution in [0.1, 0.15) is 0 Å². The van der Waals surface area contributed by atoms with E-state index in [4.69, 9.17) is 28.5 Å². The zero-order chi connectivity index (χ0) is 16.8. The largest absolute Gasteiger partial charge is 0.360 e. The van der Waals surface area contributed by atoms with Gasteiger partial charge >= 0.3 is 0 Å². The first-order valence-corrected chi connectivity index (χ1v) is 7.13. The van der Waals surface area contributed by atoms with E-state index in [-0.39, 0.29) is 5.57 Å². The lowest BCUT2D eigenvalue weighted by molar-refractivity contribution is -0.112. The summed E-state index contributed by atoms with van der Waals surface area (Å²) < 4.78 is 12.8. The second-order valence-electron chi connectivity index (χ2n) is 4.43. The molecule has 0 aliphatic rings. The van der Waals surface area contributed by atoms with Crippen molar-refractivity contribution >= 4 is 40.5 Å². The first-order valence-electron chi connectivity index (χ1n) is 6.38. The van der Waals surface area contributed by atoms with E-state index < -0.39 is 11.7 Å². The fourth-order valence-corrected chi connectivity index (χ4v) is 2.20. The molecular formula is C16H10Cl2FN3O. The zero-order valence-corrected chi connectivity index (χ0v) is 13.1. The van der Waals surface area contributed by atoms with E-state index in [0.717, 1.165) is 0 Å². The minimum absolute atomic E-state index is 0.162. The van der Waals surface area contributed by atoms with Gasteiger partial charge in [0.05, 0.1) is 0 Å². The maximum Gasteiger partial charge on any atom is 0.267 e. The van der Waals surface area contributed by atoms with Gasteiger partial charge in [0.25, 0.3) is 5.91 Å². The summed E-state index contributed by atoms with van der Waals surface area (Å²) in [6.45, 7) is 0. The molecule has 2 aromatic carbocycles. The van der Waals surface area contributed by atoms with Gasteiger partial charge in [-0.1, -0.05) is 23.2 Å². The topological polar surface area (TPSA) is 64.9 Å². The maximum absolute atomic E-state index is 12.8. The third-order valence-corrected chi connectivity index (χ3v) is 3.15. The Morgan fingerprint density at radius 3 is 2.26 bits per heavy atom. The summed E-state index contributed by atoms with van der Waals surface area (Å²) >= 11 is 11.7. The molecule has 0 aliphatic carbocycles. The molecule has 0 radical (unpaired) electrons. The Labute approximate surface area is 142 Å². The zero-order valence-electron chi connectivity index (χ0n) is 11.6. The van der Waals surface area contributed by atoms with Crippen molar-refractivity contribution in [1.82, 2.24) is 0 Å². The number of nitrogens with zero attached hydrogens (tertiary/aromatic N) is 1. The summed E-state index contributed by atoms with van der Waals surface area (Å²) in [7, 11) is 0. The third-order valence-electron chi connectivity index (χ3n) is 2.71. The van der Waals surface area contributed by atoms with Crippen LogP contribution in [0.2, 0.25) is 10.0 Å². The number of carbonyl (C=O) groups is 1. The van der Waals surface area contributed by atoms with Gasteiger partial charge in [-0.25, -0.2) is 4.39 Å². The van der Waals surface area contributed by atoms with E-state index in [9.17, 15) is 9.18 Å². The molecule has 0 spiro atoms. The number of carbonyl (C=O) groups excluding carboxylic acids is 1. The van der Waals surface area contributed by atoms with Crippen LogP contribution in [-0.4, -0.2) is 5.91 Å². The lowest BCUT2D eigenvalue weighted by Crippen LogP contribution is -2.14. The first kappa shape index (κ1) is 16.8. The van der Waals surface area contributed by atoms with Crippen molar-refractivity contribution in [2.24, 2.45) is 0 Å². The molecule has 1 amide bonds. The second-order valence-corrected chi connectivity index (χ2v) is 5.31. The van der Waals surface area contributed by atoms with Gasteiger partial charge in [0.1, 0.15) is 17.5 Å². The molecule has 7 heteroatoms. The van der Waals surface area contributed by atoms with Crippen molar-refractivity contribution in [3.05, 3.63) is 70.1 Å². The SMILES string of the molecule is N#C/C(=C/Nc1cc(Cl)cc(Cl)c1)C(=O)Nc1ccc(F)cc1. The summed E-state index contributed by atoms with van der Waals surface area (Å²) in [5.74, 6) is -1.04. The smallest absolute Gasteiger partial charge is 0.267 e. The number of halogens is 3. The Bertz CT molecular complexity index is 778. The summed E-state index contributed by atoms with van der Waals surface area (Å²) in [6.07, 6.45) is 1.24. The van der Waals surface area contributed by atoms with E-state index in [2.05, 4.69) is 10.6 Å². The molecule has 0 atom stereocenters. The third kappa shape index (κ3) is 4.99. The van der Waals surface area contributed by atoms with Crippen LogP contribution in [0.5, 0.6) is 0 Å². The average Bonchev–Trinajstić information content (AvgIpc) is 2.49. The Morgan fingerprint density at radius 1 is 1.09 bits per heavy atom. The number of benzene rings is 2. The minimum atomic E-state index is -0.625. The van der Waals surface area contributed by atoms with Crippen LogP contribution in [0.3, 0.4) is 0 Å². The normalized spacial score (nSPS) is 10.8. The number of amides is 1. The van der Waals surface area contributed by atoms with E-state index in [1.807, 2.05) is 0 Å². The van der Waals surface area contributed by atoms with Gasteiger partial charge in [-0.3, -0.25) is 4.79 Å². The van der Waals surface area contributed by atoms with E-state index >= 15 is 0 Å². The van der Waals surface area contributed by atoms with Gasteiger partial charge in [-0.15, -0.1) is 0 Å². The number of hydrogen-bond donors (Lipinski definition) is 2. The molecule has 0 saturated carbocycles. The lowest BCUT2D eigenvalue weighted by atomic mass is 10.2. The molecule has 0 unspecified atom stereocenters. The number of nitriles is 1. The van der Waals surface area contributed by atoms with Crippen molar-refractivity contribution in [2.75, 3.05) is 10.6 Å². The van der Waals surface area contributed by atoms with Crippen molar-refractivity contribution in [3.8, 4) is 6.07 Å². The molecule has 0 heterocycles. The average molecular weight is 350 g/mol. The van der Waals surface area contributed by atoms with Gasteiger partial charge in [0.15, 0.2) is 0 Å². The summed E-state index contributed by atoms with van der Waals surface area (Å²) in [4.78, 5) is 12.0. The van der Waals surface area contributed by atoms with Crippen LogP contribution in [-0.2, 0) is 4.79 Å². The van der Waals surface area contributed by atoms with Gasteiger partial charge in [-0.2, -0.15) is 5.26 Å². The Hall–Kier alpha value is -2.55. The van der Waals surface area contributed by atoms with Gasteiger partial charge in [0, 0.05) is 27.6 Å². The van der Waals surface area contributed by atoms with Gasteiger partial charge < -0.3 is 10.6 Å². The van der Waals surface area contributed by atoms with E-state index in [1.165, 1.54) is 30.5 Å². The van der Waals surface area contributed by atoms with Crippen LogP contribution in [0.25, 0.3) is 0 Å². The highest BCUT2D eigenvalue weighted by Gasteiger charge is 2.09. The monoisotopic (exact) mass is 349 g/mol. The molecule has 0 aromatic heterocycles. The molecular weight excluding hydrogens is 340 g/mol. The van der Waals surface area contributed by atoms with Crippen LogP contribution in [0.15, 0.2) is 54.2 Å². The van der Waals surface area contributed by atoms with E-state index in [0.29, 0.717) is 21.4 Å². The molecule has 0 aliphatic heterocycles. The van der Waals surface area contributed by atoms with Crippen LogP contribution in [0, 0.1) is 17.1 Å². The van der Waals surface area contributed by atoms with Crippen molar-refractivity contribution in [2.45, 2.75) is 0 Å². The Kier molecular flexibility index (Phi) is 5.58. The highest BCUT2D eigenvalue weighted by molar-refractivity contribution is 6.35. The maximum atomic E-state index is 12.8. The molecule has 2 N–H and O–H groups in total. The Morgan fingerprint density at radius 2 is 1.70 bits per heavy atom. The molecule has 4 nitrogen and oxygen atoms in total. The standard InChI is InChI=1S/C16H10Cl2FN3O/c17-11-5-12(18)7-15(6-11)21-9-10(8-20)16(23)22-14-3-1-13(19)2-4-14/h1-7,9,21H,(H,22,23)/b10-9-. The second kappa shape index (κ2) is 7.63. The summed E-state index contributed by atoms with van der Waals surface area (Å²) in [5.41, 5.74) is 0.749. The van der Waals surface area contributed by atoms with Gasteiger partial charge in [0.2, 0.25) is 0 Å². The quantitative estimate of drug-likeness (QED) is 0.626. The fourth-order valence-electron chi connectivity index (χ4n) is 1.67. The minimum Gasteiger partial charge on any atom is -0.360 e.